The first kappa shape index (κ1) is 15.5. The molecule has 1 aromatic rings. The third kappa shape index (κ3) is 2.78. The van der Waals surface area contributed by atoms with E-state index in [0.29, 0.717) is 18.8 Å². The van der Waals surface area contributed by atoms with Crippen molar-refractivity contribution in [2.75, 3.05) is 0 Å². The van der Waals surface area contributed by atoms with Crippen LogP contribution in [0.3, 0.4) is 0 Å². The predicted octanol–water partition coefficient (Wildman–Crippen LogP) is 2.34. The van der Waals surface area contributed by atoms with Gasteiger partial charge in [-0.15, -0.1) is 0 Å². The monoisotopic (exact) mass is 291 g/mol. The number of amides is 1. The smallest absolute Gasteiger partial charge is 0.311 e. The molecule has 5 heteroatoms. The number of aliphatic carboxylic acids is 1. The van der Waals surface area contributed by atoms with Crippen molar-refractivity contribution in [2.24, 2.45) is 5.41 Å². The number of carboxylic acid groups (broad SMARTS) is 1. The van der Waals surface area contributed by atoms with Crippen LogP contribution < -0.4 is 5.32 Å². The van der Waals surface area contributed by atoms with Crippen molar-refractivity contribution < 1.29 is 19.4 Å². The Morgan fingerprint density at radius 2 is 1.76 bits per heavy atom. The number of ether oxygens (including phenoxy) is 1. The fourth-order valence-electron chi connectivity index (χ4n) is 2.09. The van der Waals surface area contributed by atoms with E-state index < -0.39 is 16.9 Å². The zero-order valence-electron chi connectivity index (χ0n) is 12.8. The maximum absolute atomic E-state index is 12.4. The Morgan fingerprint density at radius 1 is 1.14 bits per heavy atom. The molecule has 1 aromatic carbocycles. The van der Waals surface area contributed by atoms with E-state index in [1.807, 2.05) is 12.1 Å². The Balaban J connectivity index is 2.20. The van der Waals surface area contributed by atoms with Crippen LogP contribution in [0.5, 0.6) is 0 Å². The molecule has 114 valence electrons. The minimum atomic E-state index is -1.08. The fourth-order valence-corrected chi connectivity index (χ4v) is 2.09. The van der Waals surface area contributed by atoms with Crippen molar-refractivity contribution in [3.8, 4) is 0 Å². The van der Waals surface area contributed by atoms with Gasteiger partial charge in [-0.25, -0.2) is 0 Å². The van der Waals surface area contributed by atoms with Crippen LogP contribution in [0.4, 0.5) is 0 Å². The lowest BCUT2D eigenvalue weighted by Crippen LogP contribution is -2.56. The van der Waals surface area contributed by atoms with Crippen LogP contribution in [0.1, 0.15) is 49.2 Å². The minimum Gasteiger partial charge on any atom is -0.481 e. The highest BCUT2D eigenvalue weighted by molar-refractivity contribution is 5.95. The first-order valence-corrected chi connectivity index (χ1v) is 6.90. The lowest BCUT2D eigenvalue weighted by atomic mass is 9.74. The molecule has 2 N–H and O–H groups in total. The number of carboxylic acids is 1. The molecule has 5 nitrogen and oxygen atoms in total. The normalized spacial score (nSPS) is 14.7. The van der Waals surface area contributed by atoms with E-state index in [1.165, 1.54) is 0 Å². The number of carbonyl (C=O) groups excluding carboxylic acids is 1. The van der Waals surface area contributed by atoms with Crippen LogP contribution in [0, 0.1) is 5.41 Å². The lowest BCUT2D eigenvalue weighted by Gasteiger charge is -2.38. The Morgan fingerprint density at radius 3 is 2.38 bits per heavy atom. The zero-order chi connectivity index (χ0) is 15.8. The summed E-state index contributed by atoms with van der Waals surface area (Å²) in [6.45, 7) is 7.73. The second kappa shape index (κ2) is 5.15. The highest BCUT2D eigenvalue weighted by Crippen LogP contribution is 2.31. The molecule has 0 atom stereocenters. The Hall–Kier alpha value is -1.88. The second-order valence-electron chi connectivity index (χ2n) is 6.49. The molecular formula is C16H21NO4. The summed E-state index contributed by atoms with van der Waals surface area (Å²) in [7, 11) is 0. The van der Waals surface area contributed by atoms with Crippen molar-refractivity contribution in [1.29, 1.82) is 0 Å². The Labute approximate surface area is 124 Å². The minimum absolute atomic E-state index is 0.274. The summed E-state index contributed by atoms with van der Waals surface area (Å²) >= 11 is 0. The second-order valence-corrected chi connectivity index (χ2v) is 6.49. The van der Waals surface area contributed by atoms with Crippen LogP contribution in [0.25, 0.3) is 0 Å². The van der Waals surface area contributed by atoms with Gasteiger partial charge in [0, 0.05) is 5.56 Å². The van der Waals surface area contributed by atoms with Crippen molar-refractivity contribution in [3.63, 3.8) is 0 Å². The van der Waals surface area contributed by atoms with E-state index in [1.54, 1.807) is 33.8 Å². The number of rotatable bonds is 4. The molecule has 21 heavy (non-hydrogen) atoms. The number of benzene rings is 1. The fraction of sp³-hybridized carbons (Fsp3) is 0.500. The van der Waals surface area contributed by atoms with E-state index in [0.717, 1.165) is 11.1 Å². The summed E-state index contributed by atoms with van der Waals surface area (Å²) in [6, 6.07) is 5.43. The molecule has 0 bridgehead atoms. The van der Waals surface area contributed by atoms with E-state index in [4.69, 9.17) is 4.74 Å². The molecule has 0 unspecified atom stereocenters. The number of fused-ring (bicyclic) bond motifs is 1. The molecule has 2 rings (SSSR count). The van der Waals surface area contributed by atoms with Gasteiger partial charge in [-0.3, -0.25) is 9.59 Å². The Kier molecular flexibility index (Phi) is 3.80. The van der Waals surface area contributed by atoms with Gasteiger partial charge in [0.15, 0.2) is 0 Å². The van der Waals surface area contributed by atoms with Gasteiger partial charge >= 0.3 is 5.97 Å². The van der Waals surface area contributed by atoms with Crippen LogP contribution >= 0.6 is 0 Å². The topological polar surface area (TPSA) is 75.6 Å². The number of hydrogen-bond donors (Lipinski definition) is 2. The first-order valence-electron chi connectivity index (χ1n) is 6.90. The third-order valence-electron chi connectivity index (χ3n) is 4.51. The summed E-state index contributed by atoms with van der Waals surface area (Å²) in [5.41, 5.74) is 0.664. The molecule has 1 amide bonds. The average Bonchev–Trinajstić information content (AvgIpc) is 2.84. The highest BCUT2D eigenvalue weighted by Gasteiger charge is 2.44. The van der Waals surface area contributed by atoms with Crippen molar-refractivity contribution in [1.82, 2.24) is 5.32 Å². The largest absolute Gasteiger partial charge is 0.481 e. The standard InChI is InChI=1S/C16H21NO4/c1-15(2,14(19)20)16(3,4)17-13(18)10-5-6-11-8-21-9-12(11)7-10/h5-7H,8-9H2,1-4H3,(H,17,18)(H,19,20). The molecule has 1 aliphatic heterocycles. The van der Waals surface area contributed by atoms with Gasteiger partial charge in [0.25, 0.3) is 5.91 Å². The summed E-state index contributed by atoms with van der Waals surface area (Å²) in [5.74, 6) is -1.22. The van der Waals surface area contributed by atoms with Gasteiger partial charge in [-0.05, 0) is 51.0 Å². The Bertz CT molecular complexity index is 590. The molecule has 0 fully saturated rings. The third-order valence-corrected chi connectivity index (χ3v) is 4.51. The van der Waals surface area contributed by atoms with E-state index >= 15 is 0 Å². The lowest BCUT2D eigenvalue weighted by molar-refractivity contribution is -0.150. The summed E-state index contributed by atoms with van der Waals surface area (Å²) in [4.78, 5) is 23.8. The van der Waals surface area contributed by atoms with Crippen molar-refractivity contribution >= 4 is 11.9 Å². The molecule has 0 radical (unpaired) electrons. The summed E-state index contributed by atoms with van der Waals surface area (Å²) in [5, 5.41) is 12.1. The van der Waals surface area contributed by atoms with Gasteiger partial charge in [-0.2, -0.15) is 0 Å². The zero-order valence-corrected chi connectivity index (χ0v) is 12.8. The maximum atomic E-state index is 12.4. The predicted molar refractivity (Wildman–Crippen MR) is 77.9 cm³/mol. The maximum Gasteiger partial charge on any atom is 0.311 e. The molecule has 0 saturated heterocycles. The van der Waals surface area contributed by atoms with Crippen LogP contribution in [-0.2, 0) is 22.7 Å². The molecule has 0 aromatic heterocycles. The van der Waals surface area contributed by atoms with E-state index in [2.05, 4.69) is 5.32 Å². The number of hydrogen-bond acceptors (Lipinski definition) is 3. The van der Waals surface area contributed by atoms with Gasteiger partial charge in [0.2, 0.25) is 0 Å². The molecular weight excluding hydrogens is 270 g/mol. The molecule has 1 aliphatic rings. The number of nitrogens with one attached hydrogen (secondary N) is 1. The molecule has 0 saturated carbocycles. The SMILES string of the molecule is CC(C)(NC(=O)c1ccc2c(c1)COC2)C(C)(C)C(=O)O. The molecule has 1 heterocycles. The van der Waals surface area contributed by atoms with Crippen LogP contribution in [0.15, 0.2) is 18.2 Å². The van der Waals surface area contributed by atoms with Gasteiger partial charge in [-0.1, -0.05) is 6.07 Å². The first-order chi connectivity index (χ1) is 9.65. The van der Waals surface area contributed by atoms with Gasteiger partial charge in [0.1, 0.15) is 0 Å². The summed E-state index contributed by atoms with van der Waals surface area (Å²) < 4.78 is 5.33. The highest BCUT2D eigenvalue weighted by atomic mass is 16.5. The van der Waals surface area contributed by atoms with Gasteiger partial charge in [0.05, 0.1) is 24.2 Å². The van der Waals surface area contributed by atoms with Crippen molar-refractivity contribution in [3.05, 3.63) is 34.9 Å². The van der Waals surface area contributed by atoms with E-state index in [-0.39, 0.29) is 5.91 Å². The van der Waals surface area contributed by atoms with Crippen LogP contribution in [0.2, 0.25) is 0 Å². The van der Waals surface area contributed by atoms with E-state index in [9.17, 15) is 14.7 Å². The molecule has 0 aliphatic carbocycles. The quantitative estimate of drug-likeness (QED) is 0.892. The average molecular weight is 291 g/mol. The van der Waals surface area contributed by atoms with Crippen LogP contribution in [-0.4, -0.2) is 22.5 Å². The van der Waals surface area contributed by atoms with Gasteiger partial charge < -0.3 is 15.2 Å². The molecule has 0 spiro atoms. The summed E-state index contributed by atoms with van der Waals surface area (Å²) in [6.07, 6.45) is 0. The van der Waals surface area contributed by atoms with Crippen molar-refractivity contribution in [2.45, 2.75) is 46.4 Å². The number of carbonyl (C=O) groups is 2.